The maximum Gasteiger partial charge on any atom is 0.493 e. The van der Waals surface area contributed by atoms with Gasteiger partial charge < -0.3 is 9.31 Å². The van der Waals surface area contributed by atoms with E-state index >= 15 is 0 Å². The quantitative estimate of drug-likeness (QED) is 0.782. The summed E-state index contributed by atoms with van der Waals surface area (Å²) in [6, 6.07) is 10.1. The fourth-order valence-corrected chi connectivity index (χ4v) is 3.16. The van der Waals surface area contributed by atoms with Crippen molar-refractivity contribution in [3.05, 3.63) is 53.9 Å². The van der Waals surface area contributed by atoms with E-state index in [1.165, 1.54) is 12.2 Å². The molecule has 1 aromatic rings. The first kappa shape index (κ1) is 16.9. The van der Waals surface area contributed by atoms with Crippen molar-refractivity contribution >= 4 is 12.6 Å². The minimum atomic E-state index is -0.909. The van der Waals surface area contributed by atoms with Gasteiger partial charge in [-0.3, -0.25) is 0 Å². The number of nitriles is 1. The predicted octanol–water partition coefficient (Wildman–Crippen LogP) is 3.49. The molecule has 0 bridgehead atoms. The molecule has 5 heteroatoms. The van der Waals surface area contributed by atoms with Gasteiger partial charge in [0.2, 0.25) is 0 Å². The highest BCUT2D eigenvalue weighted by Crippen LogP contribution is 2.41. The molecule has 3 nitrogen and oxygen atoms in total. The highest BCUT2D eigenvalue weighted by atomic mass is 19.1. The number of allylic oxidation sites excluding steroid dienone is 4. The molecular formula is C19H21BFNO2. The Morgan fingerprint density at radius 1 is 1.25 bits per heavy atom. The molecule has 24 heavy (non-hydrogen) atoms. The summed E-state index contributed by atoms with van der Waals surface area (Å²) in [7, 11) is -0.397. The Kier molecular flexibility index (Phi) is 4.37. The monoisotopic (exact) mass is 325 g/mol. The Labute approximate surface area is 142 Å². The molecule has 0 radical (unpaired) electrons. The van der Waals surface area contributed by atoms with Gasteiger partial charge in [-0.15, -0.1) is 0 Å². The normalized spacial score (nSPS) is 29.0. The molecule has 0 aromatic heterocycles. The number of rotatable bonds is 2. The maximum absolute atomic E-state index is 13.6. The first-order chi connectivity index (χ1) is 11.3. The Hall–Kier alpha value is -1.90. The molecule has 3 rings (SSSR count). The van der Waals surface area contributed by atoms with E-state index in [0.29, 0.717) is 13.2 Å². The van der Waals surface area contributed by atoms with Crippen LogP contribution in [-0.2, 0) is 9.31 Å². The maximum atomic E-state index is 13.6. The lowest BCUT2D eigenvalue weighted by molar-refractivity contribution is 0.0343. The number of benzene rings is 1. The van der Waals surface area contributed by atoms with E-state index in [2.05, 4.69) is 19.9 Å². The van der Waals surface area contributed by atoms with Gasteiger partial charge in [-0.1, -0.05) is 44.2 Å². The lowest BCUT2D eigenvalue weighted by Crippen LogP contribution is -2.47. The van der Waals surface area contributed by atoms with Gasteiger partial charge in [0.1, 0.15) is 5.83 Å². The fraction of sp³-hybridized carbons (Fsp3) is 0.421. The molecule has 1 saturated heterocycles. The molecule has 1 fully saturated rings. The molecule has 2 aliphatic rings. The zero-order chi connectivity index (χ0) is 17.4. The van der Waals surface area contributed by atoms with Gasteiger partial charge >= 0.3 is 7.12 Å². The summed E-state index contributed by atoms with van der Waals surface area (Å²) >= 11 is 0. The molecule has 124 valence electrons. The molecule has 0 saturated carbocycles. The summed E-state index contributed by atoms with van der Waals surface area (Å²) in [4.78, 5) is 0. The standard InChI is InChI=1S/C19H21BFNO2/c1-18(2)12-23-20(24-13-18)15-6-4-5-14(9-15)17-8-7-16(21)10-19(17,3)11-22/h4-10,17H,12-13H2,1-3H3. The SMILES string of the molecule is CC1(C)COB(c2cccc(C3C=CC(F)=CC3(C)C#N)c2)OC1. The highest BCUT2D eigenvalue weighted by Gasteiger charge is 2.37. The lowest BCUT2D eigenvalue weighted by Gasteiger charge is -2.33. The van der Waals surface area contributed by atoms with Crippen molar-refractivity contribution in [2.45, 2.75) is 26.7 Å². The van der Waals surface area contributed by atoms with Gasteiger partial charge in [0.15, 0.2) is 0 Å². The van der Waals surface area contributed by atoms with Gasteiger partial charge in [0.25, 0.3) is 0 Å². The van der Waals surface area contributed by atoms with Crippen LogP contribution in [0.15, 0.2) is 48.3 Å². The predicted molar refractivity (Wildman–Crippen MR) is 92.3 cm³/mol. The van der Waals surface area contributed by atoms with Crippen molar-refractivity contribution in [2.75, 3.05) is 13.2 Å². The molecule has 0 N–H and O–H groups in total. The van der Waals surface area contributed by atoms with Crippen LogP contribution in [0.25, 0.3) is 0 Å². The second-order valence-electron chi connectivity index (χ2n) is 7.55. The Morgan fingerprint density at radius 2 is 1.96 bits per heavy atom. The van der Waals surface area contributed by atoms with E-state index in [1.54, 1.807) is 13.0 Å². The minimum absolute atomic E-state index is 0.0158. The summed E-state index contributed by atoms with van der Waals surface area (Å²) in [5.41, 5.74) is 0.982. The van der Waals surface area contributed by atoms with E-state index in [4.69, 9.17) is 9.31 Å². The number of hydrogen-bond donors (Lipinski definition) is 0. The Balaban J connectivity index is 1.86. The van der Waals surface area contributed by atoms with Gasteiger partial charge in [-0.25, -0.2) is 4.39 Å². The number of nitrogens with zero attached hydrogens (tertiary/aromatic N) is 1. The minimum Gasteiger partial charge on any atom is -0.407 e. The van der Waals surface area contributed by atoms with Crippen LogP contribution in [0.5, 0.6) is 0 Å². The average molecular weight is 325 g/mol. The zero-order valence-corrected chi connectivity index (χ0v) is 14.3. The molecule has 1 aromatic carbocycles. The summed E-state index contributed by atoms with van der Waals surface area (Å²) in [6.45, 7) is 7.23. The van der Waals surface area contributed by atoms with Gasteiger partial charge in [-0.05, 0) is 30.1 Å². The largest absolute Gasteiger partial charge is 0.493 e. The first-order valence-corrected chi connectivity index (χ1v) is 8.14. The average Bonchev–Trinajstić information content (AvgIpc) is 2.55. The number of halogens is 1. The summed E-state index contributed by atoms with van der Waals surface area (Å²) < 4.78 is 25.3. The Morgan fingerprint density at radius 3 is 2.62 bits per heavy atom. The van der Waals surface area contributed by atoms with Crippen LogP contribution >= 0.6 is 0 Å². The third-order valence-electron chi connectivity index (χ3n) is 4.57. The van der Waals surface area contributed by atoms with Crippen LogP contribution in [-0.4, -0.2) is 20.3 Å². The van der Waals surface area contributed by atoms with Crippen molar-refractivity contribution in [3.8, 4) is 6.07 Å². The third-order valence-corrected chi connectivity index (χ3v) is 4.57. The van der Waals surface area contributed by atoms with Crippen molar-refractivity contribution in [1.29, 1.82) is 5.26 Å². The van der Waals surface area contributed by atoms with E-state index in [0.717, 1.165) is 11.0 Å². The highest BCUT2D eigenvalue weighted by molar-refractivity contribution is 6.61. The fourth-order valence-electron chi connectivity index (χ4n) is 3.16. The Bertz CT molecular complexity index is 727. The second-order valence-corrected chi connectivity index (χ2v) is 7.55. The van der Waals surface area contributed by atoms with Crippen LogP contribution in [0, 0.1) is 22.2 Å². The second kappa shape index (κ2) is 6.20. The molecule has 1 aliphatic heterocycles. The smallest absolute Gasteiger partial charge is 0.407 e. The molecule has 1 heterocycles. The first-order valence-electron chi connectivity index (χ1n) is 8.14. The van der Waals surface area contributed by atoms with Crippen LogP contribution in [0.1, 0.15) is 32.3 Å². The molecule has 0 spiro atoms. The van der Waals surface area contributed by atoms with Crippen LogP contribution in [0.3, 0.4) is 0 Å². The van der Waals surface area contributed by atoms with Gasteiger partial charge in [0.05, 0.1) is 11.5 Å². The van der Waals surface area contributed by atoms with Crippen LogP contribution in [0.4, 0.5) is 4.39 Å². The van der Waals surface area contributed by atoms with Crippen LogP contribution < -0.4 is 5.46 Å². The summed E-state index contributed by atoms with van der Waals surface area (Å²) in [5.74, 6) is -0.574. The topological polar surface area (TPSA) is 42.2 Å². The van der Waals surface area contributed by atoms with Gasteiger partial charge in [0, 0.05) is 24.5 Å². The molecule has 0 amide bonds. The number of hydrogen-bond acceptors (Lipinski definition) is 3. The molecule has 1 aliphatic carbocycles. The molecular weight excluding hydrogens is 304 g/mol. The third kappa shape index (κ3) is 3.31. The van der Waals surface area contributed by atoms with Crippen molar-refractivity contribution < 1.29 is 13.7 Å². The zero-order valence-electron chi connectivity index (χ0n) is 14.3. The van der Waals surface area contributed by atoms with Crippen molar-refractivity contribution in [1.82, 2.24) is 0 Å². The van der Waals surface area contributed by atoms with E-state index in [-0.39, 0.29) is 17.2 Å². The molecule has 2 unspecified atom stereocenters. The van der Waals surface area contributed by atoms with Crippen molar-refractivity contribution in [3.63, 3.8) is 0 Å². The summed E-state index contributed by atoms with van der Waals surface area (Å²) in [6.07, 6.45) is 4.57. The lowest BCUT2D eigenvalue weighted by atomic mass is 9.69. The molecule has 2 atom stereocenters. The summed E-state index contributed by atoms with van der Waals surface area (Å²) in [5, 5.41) is 9.53. The van der Waals surface area contributed by atoms with E-state index in [9.17, 15) is 9.65 Å². The van der Waals surface area contributed by atoms with Crippen molar-refractivity contribution in [2.24, 2.45) is 10.8 Å². The van der Waals surface area contributed by atoms with Crippen LogP contribution in [0.2, 0.25) is 0 Å². The van der Waals surface area contributed by atoms with E-state index in [1.807, 2.05) is 24.3 Å². The van der Waals surface area contributed by atoms with Gasteiger partial charge in [-0.2, -0.15) is 5.26 Å². The van der Waals surface area contributed by atoms with E-state index < -0.39 is 12.5 Å².